The lowest BCUT2D eigenvalue weighted by Crippen LogP contribution is -1.93. The van der Waals surface area contributed by atoms with Crippen LogP contribution in [0.25, 0.3) is 0 Å². The third-order valence-corrected chi connectivity index (χ3v) is 4.36. The van der Waals surface area contributed by atoms with Gasteiger partial charge in [-0.2, -0.15) is 0 Å². The standard InChI is InChI=1S/C12H16N2OS2/c1-8(2)7-10-13-14-12(15-10)9(3)17-11-5-4-6-16-11/h4-6,8-9H,7H2,1-3H3. The minimum atomic E-state index is 0.210. The van der Waals surface area contributed by atoms with Gasteiger partial charge in [-0.3, -0.25) is 0 Å². The van der Waals surface area contributed by atoms with E-state index >= 15 is 0 Å². The first-order valence-corrected chi connectivity index (χ1v) is 7.43. The van der Waals surface area contributed by atoms with E-state index in [-0.39, 0.29) is 5.25 Å². The number of rotatable bonds is 5. The number of thiophene rings is 1. The minimum absolute atomic E-state index is 0.210. The molecule has 0 spiro atoms. The zero-order valence-electron chi connectivity index (χ0n) is 10.2. The summed E-state index contributed by atoms with van der Waals surface area (Å²) in [6.07, 6.45) is 0.851. The molecule has 0 amide bonds. The number of hydrogen-bond acceptors (Lipinski definition) is 5. The summed E-state index contributed by atoms with van der Waals surface area (Å²) in [5.74, 6) is 2.01. The van der Waals surface area contributed by atoms with Crippen LogP contribution in [0.3, 0.4) is 0 Å². The SMILES string of the molecule is CC(C)Cc1nnc(C(C)Sc2cccs2)o1. The van der Waals surface area contributed by atoms with Crippen LogP contribution in [0.5, 0.6) is 0 Å². The quantitative estimate of drug-likeness (QED) is 0.762. The lowest BCUT2D eigenvalue weighted by atomic mass is 10.1. The molecule has 0 saturated carbocycles. The van der Waals surface area contributed by atoms with Crippen LogP contribution in [0, 0.1) is 5.92 Å². The Balaban J connectivity index is 1.99. The zero-order valence-corrected chi connectivity index (χ0v) is 11.8. The summed E-state index contributed by atoms with van der Waals surface area (Å²) in [6, 6.07) is 4.16. The first-order valence-electron chi connectivity index (χ1n) is 5.67. The molecule has 2 aromatic rings. The van der Waals surface area contributed by atoms with E-state index in [1.807, 2.05) is 0 Å². The van der Waals surface area contributed by atoms with Crippen LogP contribution in [0.1, 0.15) is 37.8 Å². The van der Waals surface area contributed by atoms with Gasteiger partial charge in [-0.05, 0) is 24.3 Å². The molecule has 1 atom stereocenters. The molecule has 92 valence electrons. The largest absolute Gasteiger partial charge is 0.424 e. The Labute approximate surface area is 110 Å². The molecule has 5 heteroatoms. The molecule has 0 N–H and O–H groups in total. The van der Waals surface area contributed by atoms with Gasteiger partial charge in [-0.15, -0.1) is 33.3 Å². The summed E-state index contributed by atoms with van der Waals surface area (Å²) in [5, 5.41) is 10.5. The van der Waals surface area contributed by atoms with Crippen LogP contribution < -0.4 is 0 Å². The van der Waals surface area contributed by atoms with E-state index in [9.17, 15) is 0 Å². The van der Waals surface area contributed by atoms with E-state index in [0.29, 0.717) is 5.92 Å². The first-order chi connectivity index (χ1) is 8.15. The van der Waals surface area contributed by atoms with Gasteiger partial charge in [0.15, 0.2) is 0 Å². The Morgan fingerprint density at radius 3 is 2.82 bits per heavy atom. The maximum atomic E-state index is 5.67. The minimum Gasteiger partial charge on any atom is -0.424 e. The van der Waals surface area contributed by atoms with Crippen molar-refractivity contribution in [2.24, 2.45) is 5.92 Å². The smallest absolute Gasteiger partial charge is 0.229 e. The fourth-order valence-corrected chi connectivity index (χ4v) is 3.39. The second-order valence-corrected chi connectivity index (χ2v) is 6.91. The van der Waals surface area contributed by atoms with Gasteiger partial charge >= 0.3 is 0 Å². The highest BCUT2D eigenvalue weighted by atomic mass is 32.2. The van der Waals surface area contributed by atoms with Crippen molar-refractivity contribution >= 4 is 23.1 Å². The van der Waals surface area contributed by atoms with Crippen molar-refractivity contribution in [1.29, 1.82) is 0 Å². The van der Waals surface area contributed by atoms with Gasteiger partial charge in [0.05, 0.1) is 9.46 Å². The van der Waals surface area contributed by atoms with Gasteiger partial charge in [0.25, 0.3) is 0 Å². The van der Waals surface area contributed by atoms with Crippen LogP contribution in [0.15, 0.2) is 26.1 Å². The molecule has 0 bridgehead atoms. The zero-order chi connectivity index (χ0) is 12.3. The molecule has 0 aromatic carbocycles. The molecule has 0 aliphatic rings. The van der Waals surface area contributed by atoms with Crippen molar-refractivity contribution in [3.63, 3.8) is 0 Å². The second-order valence-electron chi connectivity index (χ2n) is 4.32. The van der Waals surface area contributed by atoms with Crippen LogP contribution in [0.2, 0.25) is 0 Å². The topological polar surface area (TPSA) is 38.9 Å². The van der Waals surface area contributed by atoms with Crippen molar-refractivity contribution in [2.45, 2.75) is 36.7 Å². The van der Waals surface area contributed by atoms with Gasteiger partial charge in [-0.25, -0.2) is 0 Å². The van der Waals surface area contributed by atoms with Gasteiger partial charge in [0.1, 0.15) is 0 Å². The molecule has 2 heterocycles. The third-order valence-electron chi connectivity index (χ3n) is 2.20. The van der Waals surface area contributed by atoms with Crippen molar-refractivity contribution < 1.29 is 4.42 Å². The molecule has 17 heavy (non-hydrogen) atoms. The molecule has 3 nitrogen and oxygen atoms in total. The van der Waals surface area contributed by atoms with E-state index in [4.69, 9.17) is 4.42 Å². The predicted molar refractivity (Wildman–Crippen MR) is 71.4 cm³/mol. The van der Waals surface area contributed by atoms with Crippen LogP contribution >= 0.6 is 23.1 Å². The maximum absolute atomic E-state index is 5.67. The Morgan fingerprint density at radius 1 is 1.35 bits per heavy atom. The van der Waals surface area contributed by atoms with Crippen molar-refractivity contribution in [1.82, 2.24) is 10.2 Å². The lowest BCUT2D eigenvalue weighted by molar-refractivity contribution is 0.426. The first kappa shape index (κ1) is 12.6. The molecule has 2 aromatic heterocycles. The molecular weight excluding hydrogens is 252 g/mol. The average molecular weight is 268 g/mol. The number of thioether (sulfide) groups is 1. The molecule has 0 radical (unpaired) electrons. The molecule has 0 fully saturated rings. The highest BCUT2D eigenvalue weighted by molar-refractivity contribution is 8.01. The molecule has 1 unspecified atom stereocenters. The van der Waals surface area contributed by atoms with E-state index in [0.717, 1.165) is 18.2 Å². The van der Waals surface area contributed by atoms with E-state index < -0.39 is 0 Å². The Kier molecular flexibility index (Phi) is 4.23. The molecule has 0 saturated heterocycles. The van der Waals surface area contributed by atoms with Gasteiger partial charge in [0.2, 0.25) is 11.8 Å². The fourth-order valence-electron chi connectivity index (χ4n) is 1.42. The van der Waals surface area contributed by atoms with Crippen LogP contribution in [-0.2, 0) is 6.42 Å². The molecule has 0 aliphatic heterocycles. The number of aromatic nitrogens is 2. The highest BCUT2D eigenvalue weighted by Gasteiger charge is 2.16. The Morgan fingerprint density at radius 2 is 2.18 bits per heavy atom. The fraction of sp³-hybridized carbons (Fsp3) is 0.500. The summed E-state index contributed by atoms with van der Waals surface area (Å²) >= 11 is 3.49. The second kappa shape index (κ2) is 5.69. The normalized spacial score (nSPS) is 13.2. The lowest BCUT2D eigenvalue weighted by Gasteiger charge is -2.03. The predicted octanol–water partition coefficient (Wildman–Crippen LogP) is 4.18. The summed E-state index contributed by atoms with van der Waals surface area (Å²) < 4.78 is 6.95. The monoisotopic (exact) mass is 268 g/mol. The Hall–Kier alpha value is -0.810. The highest BCUT2D eigenvalue weighted by Crippen LogP contribution is 2.36. The van der Waals surface area contributed by atoms with E-state index in [1.165, 1.54) is 4.21 Å². The molecular formula is C12H16N2OS2. The Bertz CT molecular complexity index is 451. The maximum Gasteiger partial charge on any atom is 0.229 e. The summed E-state index contributed by atoms with van der Waals surface area (Å²) in [5.41, 5.74) is 0. The van der Waals surface area contributed by atoms with Crippen molar-refractivity contribution in [3.05, 3.63) is 29.3 Å². The van der Waals surface area contributed by atoms with Crippen LogP contribution in [0.4, 0.5) is 0 Å². The summed E-state index contributed by atoms with van der Waals surface area (Å²) in [4.78, 5) is 0. The van der Waals surface area contributed by atoms with E-state index in [1.54, 1.807) is 23.1 Å². The van der Waals surface area contributed by atoms with Gasteiger partial charge in [0, 0.05) is 6.42 Å². The van der Waals surface area contributed by atoms with Crippen molar-refractivity contribution in [2.75, 3.05) is 0 Å². The molecule has 0 aliphatic carbocycles. The number of nitrogens with zero attached hydrogens (tertiary/aromatic N) is 2. The van der Waals surface area contributed by atoms with Gasteiger partial charge in [-0.1, -0.05) is 19.9 Å². The van der Waals surface area contributed by atoms with Crippen LogP contribution in [-0.4, -0.2) is 10.2 Å². The van der Waals surface area contributed by atoms with E-state index in [2.05, 4.69) is 48.5 Å². The van der Waals surface area contributed by atoms with Gasteiger partial charge < -0.3 is 4.42 Å². The van der Waals surface area contributed by atoms with Crippen molar-refractivity contribution in [3.8, 4) is 0 Å². The average Bonchev–Trinajstić information content (AvgIpc) is 2.87. The summed E-state index contributed by atoms with van der Waals surface area (Å²) in [7, 11) is 0. The molecule has 2 rings (SSSR count). The third kappa shape index (κ3) is 3.57. The number of hydrogen-bond donors (Lipinski definition) is 0. The summed E-state index contributed by atoms with van der Waals surface area (Å²) in [6.45, 7) is 6.39.